The van der Waals surface area contributed by atoms with Gasteiger partial charge in [0.2, 0.25) is 16.9 Å². The van der Waals surface area contributed by atoms with Crippen molar-refractivity contribution in [3.63, 3.8) is 0 Å². The predicted octanol–water partition coefficient (Wildman–Crippen LogP) is 1.35. The molecule has 10 nitrogen and oxygen atoms in total. The number of amides is 3. The third-order valence-electron chi connectivity index (χ3n) is 4.31. The Bertz CT molecular complexity index is 938. The van der Waals surface area contributed by atoms with Crippen LogP contribution in [-0.2, 0) is 20.8 Å². The number of hydrogen-bond acceptors (Lipinski definition) is 7. The van der Waals surface area contributed by atoms with Crippen molar-refractivity contribution in [2.24, 2.45) is 5.92 Å². The lowest BCUT2D eigenvalue weighted by molar-refractivity contribution is -0.126. The maximum atomic E-state index is 12.3. The highest BCUT2D eigenvalue weighted by Crippen LogP contribution is 2.28. The molecule has 1 fully saturated rings. The number of aryl methyl sites for hydroxylation is 1. The molecule has 1 aliphatic heterocycles. The van der Waals surface area contributed by atoms with Crippen molar-refractivity contribution >= 4 is 52.3 Å². The maximum Gasteiger partial charge on any atom is 0.290 e. The minimum absolute atomic E-state index is 0.133. The number of carbonyl (C=O) groups excluding carboxylic acids is 3. The molecule has 12 heteroatoms. The number of nitrogens with one attached hydrogen (secondary N) is 2. The average molecular weight is 468 g/mol. The number of anilines is 1. The molecular weight excluding hydrogens is 446 g/mol. The van der Waals surface area contributed by atoms with Crippen LogP contribution in [0.2, 0.25) is 5.02 Å². The Balaban J connectivity index is 0.00000107. The van der Waals surface area contributed by atoms with Crippen LogP contribution in [0.25, 0.3) is 0 Å². The van der Waals surface area contributed by atoms with Crippen LogP contribution in [0, 0.1) is 5.92 Å². The fourth-order valence-electron chi connectivity index (χ4n) is 2.81. The summed E-state index contributed by atoms with van der Waals surface area (Å²) < 4.78 is 0. The van der Waals surface area contributed by atoms with Crippen molar-refractivity contribution in [1.82, 2.24) is 20.8 Å². The quantitative estimate of drug-likeness (QED) is 0.412. The summed E-state index contributed by atoms with van der Waals surface area (Å²) in [6.45, 7) is 2.53. The van der Waals surface area contributed by atoms with Gasteiger partial charge in [-0.15, -0.1) is 10.2 Å². The minimum Gasteiger partial charge on any atom is -0.483 e. The molecule has 2 aromatic rings. The number of rotatable bonds is 7. The van der Waals surface area contributed by atoms with Crippen molar-refractivity contribution in [3.05, 3.63) is 39.9 Å². The van der Waals surface area contributed by atoms with E-state index in [4.69, 9.17) is 21.5 Å². The van der Waals surface area contributed by atoms with Crippen LogP contribution in [0.5, 0.6) is 0 Å². The van der Waals surface area contributed by atoms with E-state index in [1.165, 1.54) is 16.2 Å². The fraction of sp³-hybridized carbons (Fsp3) is 0.368. The van der Waals surface area contributed by atoms with E-state index in [0.717, 1.165) is 11.4 Å². The Morgan fingerprint density at radius 2 is 1.97 bits per heavy atom. The predicted molar refractivity (Wildman–Crippen MR) is 115 cm³/mol. The highest BCUT2D eigenvalue weighted by atomic mass is 35.5. The van der Waals surface area contributed by atoms with E-state index in [-0.39, 0.29) is 50.2 Å². The number of halogens is 1. The van der Waals surface area contributed by atoms with E-state index in [0.29, 0.717) is 15.7 Å². The van der Waals surface area contributed by atoms with Crippen LogP contribution in [0.3, 0.4) is 0 Å². The van der Waals surface area contributed by atoms with Crippen molar-refractivity contribution in [3.8, 4) is 0 Å². The highest BCUT2D eigenvalue weighted by Gasteiger charge is 2.36. The topological polar surface area (TPSA) is 142 Å². The third kappa shape index (κ3) is 6.72. The van der Waals surface area contributed by atoms with Gasteiger partial charge >= 0.3 is 0 Å². The van der Waals surface area contributed by atoms with Crippen LogP contribution >= 0.6 is 22.9 Å². The van der Waals surface area contributed by atoms with Gasteiger partial charge < -0.3 is 15.7 Å². The molecule has 0 saturated carbocycles. The van der Waals surface area contributed by atoms with E-state index in [2.05, 4.69) is 20.8 Å². The molecule has 1 aromatic carbocycles. The minimum atomic E-state index is -0.444. The number of carbonyl (C=O) groups is 4. The van der Waals surface area contributed by atoms with E-state index in [1.807, 2.05) is 6.92 Å². The first-order valence-electron chi connectivity index (χ1n) is 9.42. The zero-order chi connectivity index (χ0) is 22.8. The molecule has 31 heavy (non-hydrogen) atoms. The molecule has 1 unspecified atom stereocenters. The zero-order valence-electron chi connectivity index (χ0n) is 16.7. The first-order chi connectivity index (χ1) is 14.9. The lowest BCUT2D eigenvalue weighted by Crippen LogP contribution is -2.38. The first-order valence-corrected chi connectivity index (χ1v) is 10.6. The second-order valence-electron chi connectivity index (χ2n) is 6.37. The molecule has 0 bridgehead atoms. The summed E-state index contributed by atoms with van der Waals surface area (Å²) in [4.78, 5) is 46.5. The summed E-state index contributed by atoms with van der Waals surface area (Å²) in [5.74, 6) is -1.10. The first kappa shape index (κ1) is 24.2. The summed E-state index contributed by atoms with van der Waals surface area (Å²) in [6.07, 6.45) is 0.891. The number of nitrogens with zero attached hydrogens (tertiary/aromatic N) is 3. The lowest BCUT2D eigenvalue weighted by Gasteiger charge is -2.13. The molecule has 0 aliphatic carbocycles. The molecule has 0 spiro atoms. The Morgan fingerprint density at radius 1 is 1.29 bits per heavy atom. The van der Waals surface area contributed by atoms with Gasteiger partial charge in [0.1, 0.15) is 5.01 Å². The van der Waals surface area contributed by atoms with E-state index < -0.39 is 5.92 Å². The molecule has 1 atom stereocenters. The summed E-state index contributed by atoms with van der Waals surface area (Å²) in [5.41, 5.74) is 0.385. The van der Waals surface area contributed by atoms with Crippen LogP contribution in [0.4, 0.5) is 5.13 Å². The molecule has 3 N–H and O–H groups in total. The number of aromatic nitrogens is 2. The number of carboxylic acid groups (broad SMARTS) is 1. The summed E-state index contributed by atoms with van der Waals surface area (Å²) in [7, 11) is 0. The van der Waals surface area contributed by atoms with E-state index >= 15 is 0 Å². The lowest BCUT2D eigenvalue weighted by atomic mass is 10.1. The Morgan fingerprint density at radius 3 is 2.61 bits per heavy atom. The van der Waals surface area contributed by atoms with Crippen LogP contribution < -0.4 is 15.5 Å². The Hall–Kier alpha value is -3.05. The van der Waals surface area contributed by atoms with Gasteiger partial charge in [0.05, 0.1) is 16.5 Å². The van der Waals surface area contributed by atoms with Gasteiger partial charge in [0.25, 0.3) is 12.4 Å². The molecule has 3 amide bonds. The van der Waals surface area contributed by atoms with Gasteiger partial charge in [-0.05, 0) is 18.6 Å². The molecule has 3 rings (SSSR count). The summed E-state index contributed by atoms with van der Waals surface area (Å²) in [6, 6.07) is 6.75. The van der Waals surface area contributed by atoms with Gasteiger partial charge in [-0.2, -0.15) is 0 Å². The van der Waals surface area contributed by atoms with Crippen LogP contribution in [0.15, 0.2) is 24.3 Å². The number of benzene rings is 1. The van der Waals surface area contributed by atoms with Crippen LogP contribution in [0.1, 0.15) is 28.7 Å². The van der Waals surface area contributed by atoms with Crippen molar-refractivity contribution in [2.45, 2.75) is 19.8 Å². The second-order valence-corrected chi connectivity index (χ2v) is 7.82. The molecule has 166 valence electrons. The van der Waals surface area contributed by atoms with Gasteiger partial charge in [0, 0.05) is 26.1 Å². The second kappa shape index (κ2) is 12.0. The van der Waals surface area contributed by atoms with Gasteiger partial charge in [-0.25, -0.2) is 0 Å². The average Bonchev–Trinajstić information content (AvgIpc) is 3.38. The molecule has 0 radical (unpaired) electrons. The SMILES string of the molecule is CCc1nnc(N2CC(C(=O)NCCNC(=O)c3ccccc3Cl)CC2=O)s1.O=CO. The van der Waals surface area contributed by atoms with Crippen molar-refractivity contribution < 1.29 is 24.3 Å². The molecule has 1 aliphatic rings. The van der Waals surface area contributed by atoms with Gasteiger partial charge in [-0.3, -0.25) is 24.1 Å². The van der Waals surface area contributed by atoms with E-state index in [9.17, 15) is 14.4 Å². The highest BCUT2D eigenvalue weighted by molar-refractivity contribution is 7.15. The summed E-state index contributed by atoms with van der Waals surface area (Å²) in [5, 5.41) is 22.2. The van der Waals surface area contributed by atoms with Crippen molar-refractivity contribution in [1.29, 1.82) is 0 Å². The van der Waals surface area contributed by atoms with Gasteiger partial charge in [-0.1, -0.05) is 42.0 Å². The summed E-state index contributed by atoms with van der Waals surface area (Å²) >= 11 is 7.35. The standard InChI is InChI=1S/C18H20ClN5O3S.CH2O2/c1-2-14-22-23-18(28-14)24-10-11(9-15(24)25)16(26)20-7-8-21-17(27)12-5-3-4-6-13(12)19;2-1-3/h3-6,11H,2,7-10H2,1H3,(H,20,26)(H,21,27);1H,(H,2,3). The Labute approximate surface area is 187 Å². The maximum absolute atomic E-state index is 12.3. The van der Waals surface area contributed by atoms with Gasteiger partial charge in [0.15, 0.2) is 0 Å². The zero-order valence-corrected chi connectivity index (χ0v) is 18.3. The molecule has 1 aromatic heterocycles. The van der Waals surface area contributed by atoms with Crippen LogP contribution in [-0.4, -0.2) is 59.1 Å². The Kier molecular flexibility index (Phi) is 9.35. The largest absolute Gasteiger partial charge is 0.483 e. The fourth-order valence-corrected chi connectivity index (χ4v) is 3.84. The normalized spacial score (nSPS) is 15.1. The third-order valence-corrected chi connectivity index (χ3v) is 5.73. The molecule has 2 heterocycles. The molecule has 1 saturated heterocycles. The smallest absolute Gasteiger partial charge is 0.290 e. The van der Waals surface area contributed by atoms with E-state index in [1.54, 1.807) is 24.3 Å². The molecular formula is C19H22ClN5O5S. The monoisotopic (exact) mass is 467 g/mol. The van der Waals surface area contributed by atoms with Crippen molar-refractivity contribution in [2.75, 3.05) is 24.5 Å². The number of hydrogen-bond donors (Lipinski definition) is 3.